The Morgan fingerprint density at radius 3 is 2.23 bits per heavy atom. The second-order valence-electron chi connectivity index (χ2n) is 5.00. The number of nitrogens with zero attached hydrogens (tertiary/aromatic N) is 3. The van der Waals surface area contributed by atoms with Crippen molar-refractivity contribution in [3.05, 3.63) is 77.6 Å². The summed E-state index contributed by atoms with van der Waals surface area (Å²) in [5.41, 5.74) is 2.93. The summed E-state index contributed by atoms with van der Waals surface area (Å²) in [5.74, 6) is 0.574. The Bertz CT molecular complexity index is 786. The van der Waals surface area contributed by atoms with Gasteiger partial charge in [-0.05, 0) is 6.92 Å². The van der Waals surface area contributed by atoms with Crippen molar-refractivity contribution in [2.75, 3.05) is 0 Å². The number of aromatic nitrogens is 3. The molecule has 0 aliphatic heterocycles. The first-order valence-corrected chi connectivity index (χ1v) is 7.08. The molecule has 0 unspecified atom stereocenters. The van der Waals surface area contributed by atoms with E-state index in [0.29, 0.717) is 22.8 Å². The Balaban J connectivity index is 1.89. The zero-order valence-electron chi connectivity index (χ0n) is 12.2. The van der Waals surface area contributed by atoms with Gasteiger partial charge in [-0.2, -0.15) is 5.10 Å². The Morgan fingerprint density at radius 1 is 0.909 bits per heavy atom. The molecule has 2 aromatic carbocycles. The van der Waals surface area contributed by atoms with E-state index in [-0.39, 0.29) is 12.2 Å². The number of hydrogen-bond donors (Lipinski definition) is 0. The summed E-state index contributed by atoms with van der Waals surface area (Å²) in [6.07, 6.45) is 0.227. The summed E-state index contributed by atoms with van der Waals surface area (Å²) in [5, 5.41) is 8.25. The first kappa shape index (κ1) is 14.1. The number of carbonyl (C=O) groups is 1. The molecule has 0 aliphatic rings. The van der Waals surface area contributed by atoms with E-state index in [0.717, 1.165) is 5.56 Å². The van der Waals surface area contributed by atoms with Crippen LogP contribution in [0.1, 0.15) is 21.7 Å². The average Bonchev–Trinajstić information content (AvgIpc) is 2.58. The van der Waals surface area contributed by atoms with Crippen LogP contribution in [0.25, 0.3) is 11.4 Å². The predicted octanol–water partition coefficient (Wildman–Crippen LogP) is 3.27. The minimum absolute atomic E-state index is 0.0308. The van der Waals surface area contributed by atoms with Gasteiger partial charge in [-0.15, -0.1) is 5.10 Å². The lowest BCUT2D eigenvalue weighted by molar-refractivity contribution is 0.0991. The van der Waals surface area contributed by atoms with Gasteiger partial charge in [-0.1, -0.05) is 60.7 Å². The minimum Gasteiger partial charge on any atom is -0.294 e. The number of carbonyl (C=O) groups excluding carboxylic acids is 1. The van der Waals surface area contributed by atoms with Crippen LogP contribution in [0, 0.1) is 6.92 Å². The Morgan fingerprint density at radius 2 is 1.55 bits per heavy atom. The molecule has 4 nitrogen and oxygen atoms in total. The third kappa shape index (κ3) is 3.06. The number of benzene rings is 2. The zero-order valence-corrected chi connectivity index (χ0v) is 12.2. The molecule has 3 aromatic rings. The lowest BCUT2D eigenvalue weighted by Crippen LogP contribution is -2.09. The maximum atomic E-state index is 12.3. The molecule has 0 radical (unpaired) electrons. The van der Waals surface area contributed by atoms with E-state index in [9.17, 15) is 4.79 Å². The largest absolute Gasteiger partial charge is 0.294 e. The molecule has 0 atom stereocenters. The molecule has 4 heteroatoms. The molecule has 108 valence electrons. The SMILES string of the molecule is Cc1nnc(-c2ccccc2)nc1CC(=O)c1ccccc1. The molecule has 22 heavy (non-hydrogen) atoms. The van der Waals surface area contributed by atoms with Gasteiger partial charge in [0.1, 0.15) is 0 Å². The van der Waals surface area contributed by atoms with Gasteiger partial charge in [-0.25, -0.2) is 4.98 Å². The normalized spacial score (nSPS) is 10.4. The third-order valence-corrected chi connectivity index (χ3v) is 3.41. The molecule has 0 saturated heterocycles. The second-order valence-corrected chi connectivity index (χ2v) is 5.00. The molecular formula is C18H15N3O. The fourth-order valence-corrected chi connectivity index (χ4v) is 2.17. The molecule has 0 fully saturated rings. The van der Waals surface area contributed by atoms with Crippen LogP contribution in [0.5, 0.6) is 0 Å². The summed E-state index contributed by atoms with van der Waals surface area (Å²) in [4.78, 5) is 16.8. The summed E-state index contributed by atoms with van der Waals surface area (Å²) < 4.78 is 0. The predicted molar refractivity (Wildman–Crippen MR) is 84.5 cm³/mol. The number of aryl methyl sites for hydroxylation is 1. The van der Waals surface area contributed by atoms with Gasteiger partial charge >= 0.3 is 0 Å². The Kier molecular flexibility index (Phi) is 4.01. The van der Waals surface area contributed by atoms with Crippen molar-refractivity contribution in [2.24, 2.45) is 0 Å². The molecule has 3 rings (SSSR count). The lowest BCUT2D eigenvalue weighted by Gasteiger charge is -2.06. The molecule has 0 aliphatic carbocycles. The van der Waals surface area contributed by atoms with E-state index in [1.165, 1.54) is 0 Å². The number of rotatable bonds is 4. The number of ketones is 1. The van der Waals surface area contributed by atoms with Crippen molar-refractivity contribution in [1.82, 2.24) is 15.2 Å². The summed E-state index contributed by atoms with van der Waals surface area (Å²) in [6, 6.07) is 18.9. The molecule has 0 amide bonds. The summed E-state index contributed by atoms with van der Waals surface area (Å²) in [7, 11) is 0. The van der Waals surface area contributed by atoms with Crippen LogP contribution in [-0.4, -0.2) is 21.0 Å². The number of Topliss-reactive ketones (excluding diaryl/α,β-unsaturated/α-hetero) is 1. The third-order valence-electron chi connectivity index (χ3n) is 3.41. The molecule has 0 spiro atoms. The van der Waals surface area contributed by atoms with Gasteiger partial charge < -0.3 is 0 Å². The monoisotopic (exact) mass is 289 g/mol. The highest BCUT2D eigenvalue weighted by molar-refractivity contribution is 5.97. The maximum absolute atomic E-state index is 12.3. The first-order valence-electron chi connectivity index (χ1n) is 7.08. The van der Waals surface area contributed by atoms with E-state index in [2.05, 4.69) is 15.2 Å². The van der Waals surface area contributed by atoms with Crippen LogP contribution in [0.3, 0.4) is 0 Å². The van der Waals surface area contributed by atoms with Gasteiger partial charge in [0.05, 0.1) is 17.8 Å². The zero-order chi connectivity index (χ0) is 15.4. The van der Waals surface area contributed by atoms with E-state index in [1.54, 1.807) is 0 Å². The fraction of sp³-hybridized carbons (Fsp3) is 0.111. The fourth-order valence-electron chi connectivity index (χ4n) is 2.17. The summed E-state index contributed by atoms with van der Waals surface area (Å²) >= 11 is 0. The summed E-state index contributed by atoms with van der Waals surface area (Å²) in [6.45, 7) is 1.82. The average molecular weight is 289 g/mol. The van der Waals surface area contributed by atoms with E-state index in [1.807, 2.05) is 67.6 Å². The van der Waals surface area contributed by atoms with Crippen molar-refractivity contribution in [2.45, 2.75) is 13.3 Å². The minimum atomic E-state index is 0.0308. The number of hydrogen-bond acceptors (Lipinski definition) is 4. The van der Waals surface area contributed by atoms with Gasteiger partial charge in [0, 0.05) is 11.1 Å². The standard InChI is InChI=1S/C18H15N3O/c1-13-16(12-17(22)14-8-4-2-5-9-14)19-18(21-20-13)15-10-6-3-7-11-15/h2-11H,12H2,1H3. The van der Waals surface area contributed by atoms with Crippen molar-refractivity contribution in [1.29, 1.82) is 0 Å². The Hall–Kier alpha value is -2.88. The van der Waals surface area contributed by atoms with E-state index < -0.39 is 0 Å². The molecule has 0 N–H and O–H groups in total. The molecule has 1 heterocycles. The van der Waals surface area contributed by atoms with E-state index >= 15 is 0 Å². The van der Waals surface area contributed by atoms with Crippen molar-refractivity contribution in [3.8, 4) is 11.4 Å². The molecule has 0 saturated carbocycles. The smallest absolute Gasteiger partial charge is 0.182 e. The van der Waals surface area contributed by atoms with Crippen LogP contribution in [0.2, 0.25) is 0 Å². The van der Waals surface area contributed by atoms with Crippen molar-refractivity contribution in [3.63, 3.8) is 0 Å². The van der Waals surface area contributed by atoms with Gasteiger partial charge in [0.2, 0.25) is 0 Å². The van der Waals surface area contributed by atoms with Gasteiger partial charge in [0.15, 0.2) is 11.6 Å². The van der Waals surface area contributed by atoms with Gasteiger partial charge in [0.25, 0.3) is 0 Å². The van der Waals surface area contributed by atoms with E-state index in [4.69, 9.17) is 0 Å². The molecule has 1 aromatic heterocycles. The molecular weight excluding hydrogens is 274 g/mol. The molecule has 0 bridgehead atoms. The van der Waals surface area contributed by atoms with Crippen LogP contribution in [0.15, 0.2) is 60.7 Å². The lowest BCUT2D eigenvalue weighted by atomic mass is 10.1. The van der Waals surface area contributed by atoms with Crippen molar-refractivity contribution < 1.29 is 4.79 Å². The van der Waals surface area contributed by atoms with Crippen LogP contribution < -0.4 is 0 Å². The topological polar surface area (TPSA) is 55.7 Å². The van der Waals surface area contributed by atoms with Crippen LogP contribution >= 0.6 is 0 Å². The maximum Gasteiger partial charge on any atom is 0.182 e. The quantitative estimate of drug-likeness (QED) is 0.692. The van der Waals surface area contributed by atoms with Gasteiger partial charge in [-0.3, -0.25) is 4.79 Å². The van der Waals surface area contributed by atoms with Crippen LogP contribution in [-0.2, 0) is 6.42 Å². The Labute approximate surface area is 128 Å². The van der Waals surface area contributed by atoms with Crippen molar-refractivity contribution >= 4 is 5.78 Å². The highest BCUT2D eigenvalue weighted by Gasteiger charge is 2.13. The van der Waals surface area contributed by atoms with Crippen LogP contribution in [0.4, 0.5) is 0 Å². The highest BCUT2D eigenvalue weighted by atomic mass is 16.1. The first-order chi connectivity index (χ1) is 10.7. The second kappa shape index (κ2) is 6.26. The highest BCUT2D eigenvalue weighted by Crippen LogP contribution is 2.15.